The maximum Gasteiger partial charge on any atom is 0.305 e. The summed E-state index contributed by atoms with van der Waals surface area (Å²) in [5.41, 5.74) is 2.39. The zero-order valence-electron chi connectivity index (χ0n) is 15.9. The molecule has 1 aliphatic rings. The molecule has 0 unspecified atom stereocenters. The molecule has 1 fully saturated rings. The van der Waals surface area contributed by atoms with Crippen molar-refractivity contribution >= 4 is 11.9 Å². The summed E-state index contributed by atoms with van der Waals surface area (Å²) < 4.78 is 11.0. The van der Waals surface area contributed by atoms with Crippen molar-refractivity contribution in [2.24, 2.45) is 0 Å². The second-order valence-corrected chi connectivity index (χ2v) is 7.04. The normalized spacial score (nSPS) is 15.1. The predicted octanol–water partition coefficient (Wildman–Crippen LogP) is 2.98. The van der Waals surface area contributed by atoms with E-state index in [1.807, 2.05) is 25.1 Å². The molecule has 0 radical (unpaired) electrons. The Labute approximate surface area is 155 Å². The van der Waals surface area contributed by atoms with Crippen LogP contribution in [-0.4, -0.2) is 54.3 Å². The van der Waals surface area contributed by atoms with E-state index >= 15 is 0 Å². The van der Waals surface area contributed by atoms with Gasteiger partial charge in [0.05, 0.1) is 6.42 Å². The van der Waals surface area contributed by atoms with Crippen LogP contribution < -0.4 is 4.74 Å². The zero-order valence-corrected chi connectivity index (χ0v) is 15.9. The van der Waals surface area contributed by atoms with Gasteiger partial charge in [0.25, 0.3) is 5.91 Å². The summed E-state index contributed by atoms with van der Waals surface area (Å²) in [5.74, 6) is 0.00976. The van der Waals surface area contributed by atoms with E-state index in [0.29, 0.717) is 24.9 Å². The molecule has 1 aromatic rings. The summed E-state index contributed by atoms with van der Waals surface area (Å²) in [6, 6.07) is 5.87. The fourth-order valence-corrected chi connectivity index (χ4v) is 3.34. The van der Waals surface area contributed by atoms with Crippen molar-refractivity contribution in [2.75, 3.05) is 26.4 Å². The smallest absolute Gasteiger partial charge is 0.305 e. The molecule has 6 heteroatoms. The van der Waals surface area contributed by atoms with Crippen LogP contribution in [0.3, 0.4) is 0 Å². The number of hydrogen-bond acceptors (Lipinski definition) is 4. The molecular formula is C20H29NO5. The molecule has 0 atom stereocenters. The number of benzene rings is 1. The van der Waals surface area contributed by atoms with E-state index in [0.717, 1.165) is 18.4 Å². The van der Waals surface area contributed by atoms with Crippen molar-refractivity contribution in [1.29, 1.82) is 0 Å². The highest BCUT2D eigenvalue weighted by atomic mass is 16.5. The number of carbonyl (C=O) groups is 2. The van der Waals surface area contributed by atoms with Crippen molar-refractivity contribution in [3.8, 4) is 5.75 Å². The third kappa shape index (κ3) is 5.73. The zero-order chi connectivity index (χ0) is 19.1. The maximum atomic E-state index is 12.7. The SMILES string of the molecule is Cc1cc(OCC(=O)N(CCC(=O)O)C2CCOCC2)ccc1C(C)C. The quantitative estimate of drug-likeness (QED) is 0.768. The summed E-state index contributed by atoms with van der Waals surface area (Å²) in [4.78, 5) is 25.2. The molecule has 0 aromatic heterocycles. The summed E-state index contributed by atoms with van der Waals surface area (Å²) >= 11 is 0. The molecule has 1 N–H and O–H groups in total. The van der Waals surface area contributed by atoms with Gasteiger partial charge in [-0.15, -0.1) is 0 Å². The van der Waals surface area contributed by atoms with Crippen LogP contribution in [0.2, 0.25) is 0 Å². The number of carbonyl (C=O) groups excluding carboxylic acids is 1. The van der Waals surface area contributed by atoms with Gasteiger partial charge in [-0.1, -0.05) is 19.9 Å². The second kappa shape index (κ2) is 9.57. The molecule has 0 spiro atoms. The lowest BCUT2D eigenvalue weighted by Gasteiger charge is -2.34. The number of hydrogen-bond donors (Lipinski definition) is 1. The minimum absolute atomic E-state index is 0.0178. The maximum absolute atomic E-state index is 12.7. The van der Waals surface area contributed by atoms with Gasteiger partial charge in [0.2, 0.25) is 0 Å². The second-order valence-electron chi connectivity index (χ2n) is 7.04. The molecule has 0 aliphatic carbocycles. The predicted molar refractivity (Wildman–Crippen MR) is 98.6 cm³/mol. The number of aryl methyl sites for hydroxylation is 1. The molecule has 1 aliphatic heterocycles. The van der Waals surface area contributed by atoms with Gasteiger partial charge in [-0.25, -0.2) is 0 Å². The monoisotopic (exact) mass is 363 g/mol. The first-order valence-electron chi connectivity index (χ1n) is 9.21. The van der Waals surface area contributed by atoms with Gasteiger partial charge < -0.3 is 19.5 Å². The van der Waals surface area contributed by atoms with Crippen LogP contribution in [0.5, 0.6) is 5.75 Å². The van der Waals surface area contributed by atoms with Gasteiger partial charge in [0.15, 0.2) is 6.61 Å². The lowest BCUT2D eigenvalue weighted by atomic mass is 9.98. The van der Waals surface area contributed by atoms with E-state index in [4.69, 9.17) is 14.6 Å². The Hall–Kier alpha value is -2.08. The van der Waals surface area contributed by atoms with Gasteiger partial charge in [0.1, 0.15) is 5.75 Å². The van der Waals surface area contributed by atoms with Gasteiger partial charge >= 0.3 is 5.97 Å². The van der Waals surface area contributed by atoms with Gasteiger partial charge in [0, 0.05) is 25.8 Å². The van der Waals surface area contributed by atoms with Crippen LogP contribution in [-0.2, 0) is 14.3 Å². The first-order valence-corrected chi connectivity index (χ1v) is 9.21. The number of amides is 1. The molecule has 1 aromatic carbocycles. The van der Waals surface area contributed by atoms with E-state index in [9.17, 15) is 9.59 Å². The molecule has 144 valence electrons. The number of ether oxygens (including phenoxy) is 2. The van der Waals surface area contributed by atoms with E-state index in [1.54, 1.807) is 4.90 Å². The summed E-state index contributed by atoms with van der Waals surface area (Å²) in [7, 11) is 0. The third-order valence-electron chi connectivity index (χ3n) is 4.74. The average molecular weight is 363 g/mol. The van der Waals surface area contributed by atoms with Crippen molar-refractivity contribution in [3.63, 3.8) is 0 Å². The summed E-state index contributed by atoms with van der Waals surface area (Å²) in [6.07, 6.45) is 1.40. The minimum atomic E-state index is -0.907. The van der Waals surface area contributed by atoms with Crippen LogP contribution >= 0.6 is 0 Å². The average Bonchev–Trinajstić information content (AvgIpc) is 2.60. The Morgan fingerprint density at radius 3 is 2.58 bits per heavy atom. The molecule has 1 saturated heterocycles. The summed E-state index contributed by atoms with van der Waals surface area (Å²) in [6.45, 7) is 7.62. The number of carboxylic acid groups (broad SMARTS) is 1. The Kier molecular flexibility index (Phi) is 7.45. The van der Waals surface area contributed by atoms with Crippen molar-refractivity contribution in [3.05, 3.63) is 29.3 Å². The molecule has 26 heavy (non-hydrogen) atoms. The Morgan fingerprint density at radius 2 is 2.00 bits per heavy atom. The topological polar surface area (TPSA) is 76.1 Å². The minimum Gasteiger partial charge on any atom is -0.484 e. The van der Waals surface area contributed by atoms with Gasteiger partial charge in [-0.3, -0.25) is 9.59 Å². The van der Waals surface area contributed by atoms with Gasteiger partial charge in [-0.2, -0.15) is 0 Å². The fourth-order valence-electron chi connectivity index (χ4n) is 3.34. The van der Waals surface area contributed by atoms with Crippen LogP contribution in [0.1, 0.15) is 50.2 Å². The summed E-state index contributed by atoms with van der Waals surface area (Å²) in [5, 5.41) is 8.96. The van der Waals surface area contributed by atoms with E-state index in [1.165, 1.54) is 5.56 Å². The molecule has 6 nitrogen and oxygen atoms in total. The van der Waals surface area contributed by atoms with Crippen LogP contribution in [0.4, 0.5) is 0 Å². The highest BCUT2D eigenvalue weighted by Gasteiger charge is 2.26. The molecular weight excluding hydrogens is 334 g/mol. The van der Waals surface area contributed by atoms with E-state index in [-0.39, 0.29) is 31.5 Å². The van der Waals surface area contributed by atoms with Crippen LogP contribution in [0.15, 0.2) is 18.2 Å². The first-order chi connectivity index (χ1) is 12.4. The third-order valence-corrected chi connectivity index (χ3v) is 4.74. The van der Waals surface area contributed by atoms with Crippen molar-refractivity contribution in [1.82, 2.24) is 4.90 Å². The van der Waals surface area contributed by atoms with E-state index < -0.39 is 5.97 Å². The van der Waals surface area contributed by atoms with E-state index in [2.05, 4.69) is 13.8 Å². The first kappa shape index (κ1) is 20.2. The lowest BCUT2D eigenvalue weighted by Crippen LogP contribution is -2.46. The fraction of sp³-hybridized carbons (Fsp3) is 0.600. The van der Waals surface area contributed by atoms with Crippen LogP contribution in [0, 0.1) is 6.92 Å². The standard InChI is InChI=1S/C20H29NO5/c1-14(2)18-5-4-17(12-15(18)3)26-13-19(22)21(9-6-20(23)24)16-7-10-25-11-8-16/h4-5,12,14,16H,6-11,13H2,1-3H3,(H,23,24). The number of carboxylic acids is 1. The largest absolute Gasteiger partial charge is 0.484 e. The Morgan fingerprint density at radius 1 is 1.31 bits per heavy atom. The van der Waals surface area contributed by atoms with Crippen molar-refractivity contribution in [2.45, 2.75) is 52.0 Å². The van der Waals surface area contributed by atoms with Crippen molar-refractivity contribution < 1.29 is 24.2 Å². The van der Waals surface area contributed by atoms with Gasteiger partial charge in [-0.05, 0) is 48.9 Å². The number of aliphatic carboxylic acids is 1. The molecule has 2 rings (SSSR count). The number of rotatable bonds is 8. The molecule has 1 amide bonds. The molecule has 0 bridgehead atoms. The highest BCUT2D eigenvalue weighted by Crippen LogP contribution is 2.23. The Bertz CT molecular complexity index is 623. The molecule has 0 saturated carbocycles. The Balaban J connectivity index is 1.99. The molecule has 1 heterocycles. The highest BCUT2D eigenvalue weighted by molar-refractivity contribution is 5.79. The van der Waals surface area contributed by atoms with Crippen LogP contribution in [0.25, 0.3) is 0 Å². The lowest BCUT2D eigenvalue weighted by molar-refractivity contribution is -0.141. The number of nitrogens with zero attached hydrogens (tertiary/aromatic N) is 1.